The van der Waals surface area contributed by atoms with Crippen molar-refractivity contribution in [1.82, 2.24) is 9.38 Å². The molecule has 1 aliphatic rings. The molecule has 24 heavy (non-hydrogen) atoms. The summed E-state index contributed by atoms with van der Waals surface area (Å²) in [5, 5.41) is 3.68. The minimum Gasteiger partial charge on any atom is -0.366 e. The van der Waals surface area contributed by atoms with Gasteiger partial charge in [-0.1, -0.05) is 55.7 Å². The number of nitrogens with one attached hydrogen (secondary N) is 1. The van der Waals surface area contributed by atoms with Gasteiger partial charge in [-0.25, -0.2) is 4.98 Å². The highest BCUT2D eigenvalue weighted by molar-refractivity contribution is 5.60. The van der Waals surface area contributed by atoms with Gasteiger partial charge in [0.25, 0.3) is 0 Å². The standard InChI is InChI=1S/C21H25N3/c1-16-9-8-14-24-20(16)23-19(18-12-6-3-7-13-18)21(24)22-15-17-10-4-2-5-11-17/h2,4-5,8-11,14,18,22H,3,6-7,12-13,15H2,1H3. The van der Waals surface area contributed by atoms with E-state index in [9.17, 15) is 0 Å². The van der Waals surface area contributed by atoms with Crippen LogP contribution in [0.25, 0.3) is 5.65 Å². The molecule has 0 radical (unpaired) electrons. The topological polar surface area (TPSA) is 29.3 Å². The summed E-state index contributed by atoms with van der Waals surface area (Å²) in [6, 6.07) is 14.9. The van der Waals surface area contributed by atoms with E-state index >= 15 is 0 Å². The third kappa shape index (κ3) is 2.91. The van der Waals surface area contributed by atoms with Crippen molar-refractivity contribution < 1.29 is 0 Å². The van der Waals surface area contributed by atoms with E-state index in [-0.39, 0.29) is 0 Å². The molecule has 1 fully saturated rings. The van der Waals surface area contributed by atoms with Crippen molar-refractivity contribution in [3.63, 3.8) is 0 Å². The lowest BCUT2D eigenvalue weighted by atomic mass is 9.87. The van der Waals surface area contributed by atoms with Gasteiger partial charge in [0.05, 0.1) is 5.69 Å². The summed E-state index contributed by atoms with van der Waals surface area (Å²) < 4.78 is 2.24. The predicted octanol–water partition coefficient (Wildman–Crippen LogP) is 5.30. The van der Waals surface area contributed by atoms with Gasteiger partial charge in [-0.15, -0.1) is 0 Å². The Morgan fingerprint density at radius 1 is 1.04 bits per heavy atom. The Balaban J connectivity index is 1.71. The number of anilines is 1. The molecule has 0 bridgehead atoms. The summed E-state index contributed by atoms with van der Waals surface area (Å²) in [6.45, 7) is 2.98. The molecular formula is C21H25N3. The van der Waals surface area contributed by atoms with Crippen LogP contribution in [0.5, 0.6) is 0 Å². The van der Waals surface area contributed by atoms with Crippen molar-refractivity contribution in [2.24, 2.45) is 0 Å². The van der Waals surface area contributed by atoms with Gasteiger partial charge in [-0.2, -0.15) is 0 Å². The van der Waals surface area contributed by atoms with Crippen molar-refractivity contribution >= 4 is 11.5 Å². The molecule has 0 unspecified atom stereocenters. The van der Waals surface area contributed by atoms with Crippen molar-refractivity contribution in [2.45, 2.75) is 51.5 Å². The molecule has 0 atom stereocenters. The second kappa shape index (κ2) is 6.68. The number of rotatable bonds is 4. The lowest BCUT2D eigenvalue weighted by Gasteiger charge is -2.21. The summed E-state index contributed by atoms with van der Waals surface area (Å²) in [5.41, 5.74) is 4.89. The molecule has 0 saturated heterocycles. The van der Waals surface area contributed by atoms with Crippen molar-refractivity contribution in [1.29, 1.82) is 0 Å². The highest BCUT2D eigenvalue weighted by Gasteiger charge is 2.23. The number of pyridine rings is 1. The van der Waals surface area contributed by atoms with Crippen LogP contribution in [0.1, 0.15) is 54.8 Å². The molecule has 3 nitrogen and oxygen atoms in total. The Labute approximate surface area is 143 Å². The van der Waals surface area contributed by atoms with Crippen molar-refractivity contribution in [2.75, 3.05) is 5.32 Å². The second-order valence-corrected chi connectivity index (χ2v) is 6.90. The van der Waals surface area contributed by atoms with Crippen LogP contribution in [0.15, 0.2) is 48.7 Å². The highest BCUT2D eigenvalue weighted by atomic mass is 15.1. The molecular weight excluding hydrogens is 294 g/mol. The summed E-state index contributed by atoms with van der Waals surface area (Å²) in [4.78, 5) is 5.05. The first-order chi connectivity index (χ1) is 11.8. The lowest BCUT2D eigenvalue weighted by Crippen LogP contribution is -2.10. The number of benzene rings is 1. The quantitative estimate of drug-likeness (QED) is 0.707. The Morgan fingerprint density at radius 3 is 2.62 bits per heavy atom. The van der Waals surface area contributed by atoms with Gasteiger partial charge in [0.2, 0.25) is 0 Å². The fourth-order valence-electron chi connectivity index (χ4n) is 3.84. The number of hydrogen-bond donors (Lipinski definition) is 1. The highest BCUT2D eigenvalue weighted by Crippen LogP contribution is 2.37. The number of nitrogens with zero attached hydrogens (tertiary/aromatic N) is 2. The van der Waals surface area contributed by atoms with E-state index in [4.69, 9.17) is 4.98 Å². The largest absolute Gasteiger partial charge is 0.366 e. The van der Waals surface area contributed by atoms with Crippen LogP contribution in [-0.4, -0.2) is 9.38 Å². The Bertz CT molecular complexity index is 814. The lowest BCUT2D eigenvalue weighted by molar-refractivity contribution is 0.438. The molecule has 1 saturated carbocycles. The third-order valence-corrected chi connectivity index (χ3v) is 5.17. The van der Waals surface area contributed by atoms with Crippen LogP contribution in [0, 0.1) is 6.92 Å². The first kappa shape index (κ1) is 15.3. The number of aryl methyl sites for hydroxylation is 1. The molecule has 3 heteroatoms. The van der Waals surface area contributed by atoms with Crippen LogP contribution in [0.4, 0.5) is 5.82 Å². The number of imidazole rings is 1. The van der Waals surface area contributed by atoms with E-state index in [2.05, 4.69) is 65.3 Å². The smallest absolute Gasteiger partial charge is 0.141 e. The summed E-state index contributed by atoms with van der Waals surface area (Å²) in [5.74, 6) is 1.78. The van der Waals surface area contributed by atoms with Crippen molar-refractivity contribution in [3.05, 3.63) is 65.5 Å². The van der Waals surface area contributed by atoms with Crippen LogP contribution < -0.4 is 5.32 Å². The number of aromatic nitrogens is 2. The van der Waals surface area contributed by atoms with Gasteiger partial charge in [0.15, 0.2) is 0 Å². The molecule has 1 N–H and O–H groups in total. The first-order valence-electron chi connectivity index (χ1n) is 9.08. The van der Waals surface area contributed by atoms with Gasteiger partial charge < -0.3 is 5.32 Å². The van der Waals surface area contributed by atoms with Crippen LogP contribution in [0.2, 0.25) is 0 Å². The number of hydrogen-bond acceptors (Lipinski definition) is 2. The zero-order chi connectivity index (χ0) is 16.4. The SMILES string of the molecule is Cc1cccn2c(NCc3ccccc3)c(C3CCCCC3)nc12. The molecule has 4 rings (SSSR count). The van der Waals surface area contributed by atoms with E-state index in [0.29, 0.717) is 5.92 Å². The first-order valence-corrected chi connectivity index (χ1v) is 9.08. The monoisotopic (exact) mass is 319 g/mol. The van der Waals surface area contributed by atoms with Gasteiger partial charge >= 0.3 is 0 Å². The van der Waals surface area contributed by atoms with Gasteiger partial charge in [-0.3, -0.25) is 4.40 Å². The summed E-state index contributed by atoms with van der Waals surface area (Å²) >= 11 is 0. The zero-order valence-corrected chi connectivity index (χ0v) is 14.3. The van der Waals surface area contributed by atoms with Crippen LogP contribution in [-0.2, 0) is 6.54 Å². The maximum Gasteiger partial charge on any atom is 0.141 e. The average Bonchev–Trinajstić information content (AvgIpc) is 3.02. The molecule has 3 aromatic rings. The van der Waals surface area contributed by atoms with Gasteiger partial charge in [0, 0.05) is 18.7 Å². The summed E-state index contributed by atoms with van der Waals surface area (Å²) in [7, 11) is 0. The van der Waals surface area contributed by atoms with Gasteiger partial charge in [-0.05, 0) is 37.0 Å². The molecule has 1 aromatic carbocycles. The fraction of sp³-hybridized carbons (Fsp3) is 0.381. The van der Waals surface area contributed by atoms with E-state index < -0.39 is 0 Å². The molecule has 0 spiro atoms. The van der Waals surface area contributed by atoms with Crippen LogP contribution >= 0.6 is 0 Å². The zero-order valence-electron chi connectivity index (χ0n) is 14.3. The maximum absolute atomic E-state index is 5.05. The minimum absolute atomic E-state index is 0.594. The van der Waals surface area contributed by atoms with E-state index in [1.54, 1.807) is 0 Å². The van der Waals surface area contributed by atoms with E-state index in [1.165, 1.54) is 54.7 Å². The third-order valence-electron chi connectivity index (χ3n) is 5.17. The summed E-state index contributed by atoms with van der Waals surface area (Å²) in [6.07, 6.45) is 8.70. The number of fused-ring (bicyclic) bond motifs is 1. The Kier molecular flexibility index (Phi) is 4.24. The second-order valence-electron chi connectivity index (χ2n) is 6.90. The Hall–Kier alpha value is -2.29. The molecule has 0 aliphatic heterocycles. The molecule has 2 heterocycles. The molecule has 124 valence electrons. The maximum atomic E-state index is 5.05. The van der Waals surface area contributed by atoms with Gasteiger partial charge in [0.1, 0.15) is 11.5 Å². The molecule has 1 aliphatic carbocycles. The fourth-order valence-corrected chi connectivity index (χ4v) is 3.84. The molecule has 0 amide bonds. The van der Waals surface area contributed by atoms with Crippen LogP contribution in [0.3, 0.4) is 0 Å². The Morgan fingerprint density at radius 2 is 1.83 bits per heavy atom. The predicted molar refractivity (Wildman–Crippen MR) is 99.5 cm³/mol. The molecule has 2 aromatic heterocycles. The van der Waals surface area contributed by atoms with E-state index in [1.807, 2.05) is 0 Å². The van der Waals surface area contributed by atoms with E-state index in [0.717, 1.165) is 12.2 Å². The van der Waals surface area contributed by atoms with Crippen molar-refractivity contribution in [3.8, 4) is 0 Å². The normalized spacial score (nSPS) is 15.7. The minimum atomic E-state index is 0.594. The average molecular weight is 319 g/mol.